The molecule has 4 heteroatoms. The Bertz CT molecular complexity index is 638. The molecule has 0 unspecified atom stereocenters. The van der Waals surface area contributed by atoms with E-state index >= 15 is 0 Å². The van der Waals surface area contributed by atoms with E-state index in [1.807, 2.05) is 26.0 Å². The van der Waals surface area contributed by atoms with E-state index in [9.17, 15) is 4.79 Å². The number of carbonyl (C=O) groups is 1. The third-order valence-electron chi connectivity index (χ3n) is 2.93. The minimum Gasteiger partial charge on any atom is -0.493 e. The molecule has 21 heavy (non-hydrogen) atoms. The highest BCUT2D eigenvalue weighted by Crippen LogP contribution is 2.26. The largest absolute Gasteiger partial charge is 0.493 e. The Morgan fingerprint density at radius 3 is 2.57 bits per heavy atom. The maximum atomic E-state index is 12.2. The number of para-hydroxylation sites is 1. The highest BCUT2D eigenvalue weighted by molar-refractivity contribution is 6.32. The van der Waals surface area contributed by atoms with E-state index in [2.05, 4.69) is 0 Å². The normalized spacial score (nSPS) is 10.2. The standard InChI is InChI=1S/C17H17ClO3/c1-3-20-16-7-5-4-6-13(16)15(19)11-21-17-9-8-12(2)10-14(17)18/h4-10H,3,11H2,1-2H3. The first kappa shape index (κ1) is 15.4. The van der Waals surface area contributed by atoms with E-state index in [0.717, 1.165) is 5.56 Å². The van der Waals surface area contributed by atoms with Crippen molar-refractivity contribution >= 4 is 17.4 Å². The molecular formula is C17H17ClO3. The van der Waals surface area contributed by atoms with Crippen LogP contribution < -0.4 is 9.47 Å². The quantitative estimate of drug-likeness (QED) is 0.746. The van der Waals surface area contributed by atoms with Crippen LogP contribution >= 0.6 is 11.6 Å². The number of ether oxygens (including phenoxy) is 2. The lowest BCUT2D eigenvalue weighted by Gasteiger charge is -2.11. The SMILES string of the molecule is CCOc1ccccc1C(=O)COc1ccc(C)cc1Cl. The van der Waals surface area contributed by atoms with E-state index in [4.69, 9.17) is 21.1 Å². The predicted octanol–water partition coefficient (Wildman–Crippen LogP) is 4.31. The lowest BCUT2D eigenvalue weighted by Crippen LogP contribution is -2.13. The molecule has 0 fully saturated rings. The Morgan fingerprint density at radius 2 is 1.86 bits per heavy atom. The average molecular weight is 305 g/mol. The van der Waals surface area contributed by atoms with Crippen LogP contribution in [0.1, 0.15) is 22.8 Å². The molecule has 0 aromatic heterocycles. The Balaban J connectivity index is 2.08. The van der Waals surface area contributed by atoms with Gasteiger partial charge in [-0.1, -0.05) is 29.8 Å². The van der Waals surface area contributed by atoms with Crippen molar-refractivity contribution in [3.05, 3.63) is 58.6 Å². The number of aryl methyl sites for hydroxylation is 1. The van der Waals surface area contributed by atoms with E-state index in [0.29, 0.717) is 28.7 Å². The van der Waals surface area contributed by atoms with Crippen LogP contribution in [0.15, 0.2) is 42.5 Å². The second-order valence-electron chi connectivity index (χ2n) is 4.57. The van der Waals surface area contributed by atoms with Gasteiger partial charge in [0, 0.05) is 0 Å². The van der Waals surface area contributed by atoms with E-state index in [-0.39, 0.29) is 12.4 Å². The maximum absolute atomic E-state index is 12.2. The van der Waals surface area contributed by atoms with Crippen LogP contribution in [0.25, 0.3) is 0 Å². The zero-order chi connectivity index (χ0) is 15.2. The van der Waals surface area contributed by atoms with Crippen LogP contribution in [0.5, 0.6) is 11.5 Å². The van der Waals surface area contributed by atoms with Gasteiger partial charge in [0.15, 0.2) is 6.61 Å². The van der Waals surface area contributed by atoms with Gasteiger partial charge in [-0.25, -0.2) is 0 Å². The van der Waals surface area contributed by atoms with Crippen molar-refractivity contribution in [2.24, 2.45) is 0 Å². The molecule has 0 atom stereocenters. The topological polar surface area (TPSA) is 35.5 Å². The van der Waals surface area contributed by atoms with Crippen molar-refractivity contribution in [2.75, 3.05) is 13.2 Å². The van der Waals surface area contributed by atoms with Crippen LogP contribution in [-0.4, -0.2) is 19.0 Å². The van der Waals surface area contributed by atoms with Gasteiger partial charge in [-0.2, -0.15) is 0 Å². The number of benzene rings is 2. The second-order valence-corrected chi connectivity index (χ2v) is 4.98. The van der Waals surface area contributed by atoms with Gasteiger partial charge in [-0.15, -0.1) is 0 Å². The number of hydrogen-bond donors (Lipinski definition) is 0. The van der Waals surface area contributed by atoms with Crippen molar-refractivity contribution in [2.45, 2.75) is 13.8 Å². The Labute approximate surface area is 129 Å². The second kappa shape index (κ2) is 7.14. The molecule has 0 amide bonds. The van der Waals surface area contributed by atoms with E-state index < -0.39 is 0 Å². The minimum atomic E-state index is -0.143. The first-order valence-corrected chi connectivity index (χ1v) is 7.13. The first-order chi connectivity index (χ1) is 10.1. The van der Waals surface area contributed by atoms with Crippen LogP contribution in [0, 0.1) is 6.92 Å². The highest BCUT2D eigenvalue weighted by atomic mass is 35.5. The fourth-order valence-electron chi connectivity index (χ4n) is 1.92. The van der Waals surface area contributed by atoms with Crippen molar-refractivity contribution in [3.63, 3.8) is 0 Å². The molecule has 0 N–H and O–H groups in total. The van der Waals surface area contributed by atoms with E-state index in [1.54, 1.807) is 30.3 Å². The van der Waals surface area contributed by atoms with Crippen LogP contribution in [0.2, 0.25) is 5.02 Å². The summed E-state index contributed by atoms with van der Waals surface area (Å²) in [6, 6.07) is 12.6. The Kier molecular flexibility index (Phi) is 5.23. The first-order valence-electron chi connectivity index (χ1n) is 6.75. The maximum Gasteiger partial charge on any atom is 0.203 e. The molecule has 2 aromatic carbocycles. The van der Waals surface area contributed by atoms with Gasteiger partial charge in [0.05, 0.1) is 17.2 Å². The predicted molar refractivity (Wildman–Crippen MR) is 83.6 cm³/mol. The van der Waals surface area contributed by atoms with Gasteiger partial charge in [-0.05, 0) is 43.7 Å². The van der Waals surface area contributed by atoms with Gasteiger partial charge < -0.3 is 9.47 Å². The van der Waals surface area contributed by atoms with Crippen LogP contribution in [-0.2, 0) is 0 Å². The lowest BCUT2D eigenvalue weighted by molar-refractivity contribution is 0.0918. The van der Waals surface area contributed by atoms with Gasteiger partial charge >= 0.3 is 0 Å². The highest BCUT2D eigenvalue weighted by Gasteiger charge is 2.13. The van der Waals surface area contributed by atoms with Crippen molar-refractivity contribution in [1.29, 1.82) is 0 Å². The molecule has 2 aromatic rings. The Hall–Kier alpha value is -2.00. The summed E-state index contributed by atoms with van der Waals surface area (Å²) in [6.45, 7) is 4.25. The zero-order valence-electron chi connectivity index (χ0n) is 12.1. The molecule has 110 valence electrons. The molecule has 0 saturated carbocycles. The number of halogens is 1. The van der Waals surface area contributed by atoms with Crippen LogP contribution in [0.4, 0.5) is 0 Å². The molecule has 0 aliphatic rings. The van der Waals surface area contributed by atoms with Gasteiger partial charge in [0.1, 0.15) is 11.5 Å². The van der Waals surface area contributed by atoms with Crippen molar-refractivity contribution in [3.8, 4) is 11.5 Å². The smallest absolute Gasteiger partial charge is 0.203 e. The number of ketones is 1. The summed E-state index contributed by atoms with van der Waals surface area (Å²) in [5, 5.41) is 0.501. The summed E-state index contributed by atoms with van der Waals surface area (Å²) in [7, 11) is 0. The van der Waals surface area contributed by atoms with Gasteiger partial charge in [0.2, 0.25) is 5.78 Å². The van der Waals surface area contributed by atoms with Crippen LogP contribution in [0.3, 0.4) is 0 Å². The molecule has 0 spiro atoms. The monoisotopic (exact) mass is 304 g/mol. The zero-order valence-corrected chi connectivity index (χ0v) is 12.8. The molecular weight excluding hydrogens is 288 g/mol. The molecule has 0 aliphatic heterocycles. The molecule has 0 aliphatic carbocycles. The number of hydrogen-bond acceptors (Lipinski definition) is 3. The van der Waals surface area contributed by atoms with Gasteiger partial charge in [-0.3, -0.25) is 4.79 Å². The summed E-state index contributed by atoms with van der Waals surface area (Å²) < 4.78 is 11.0. The van der Waals surface area contributed by atoms with E-state index in [1.165, 1.54) is 0 Å². The summed E-state index contributed by atoms with van der Waals surface area (Å²) in [5.41, 5.74) is 1.56. The number of Topliss-reactive ketones (excluding diaryl/α,β-unsaturated/α-hetero) is 1. The summed E-state index contributed by atoms with van der Waals surface area (Å²) in [6.07, 6.45) is 0. The number of rotatable bonds is 6. The molecule has 0 bridgehead atoms. The third kappa shape index (κ3) is 3.99. The summed E-state index contributed by atoms with van der Waals surface area (Å²) in [4.78, 5) is 12.2. The summed E-state index contributed by atoms with van der Waals surface area (Å²) in [5.74, 6) is 0.934. The summed E-state index contributed by atoms with van der Waals surface area (Å²) >= 11 is 6.08. The minimum absolute atomic E-state index is 0.0765. The molecule has 2 rings (SSSR count). The lowest BCUT2D eigenvalue weighted by atomic mass is 10.1. The molecule has 0 radical (unpaired) electrons. The van der Waals surface area contributed by atoms with Crippen molar-refractivity contribution < 1.29 is 14.3 Å². The molecule has 0 saturated heterocycles. The van der Waals surface area contributed by atoms with Gasteiger partial charge in [0.25, 0.3) is 0 Å². The number of carbonyl (C=O) groups excluding carboxylic acids is 1. The molecule has 0 heterocycles. The molecule has 3 nitrogen and oxygen atoms in total. The fourth-order valence-corrected chi connectivity index (χ4v) is 2.21. The Morgan fingerprint density at radius 1 is 1.10 bits per heavy atom. The third-order valence-corrected chi connectivity index (χ3v) is 3.23. The fraction of sp³-hybridized carbons (Fsp3) is 0.235. The van der Waals surface area contributed by atoms with Crippen molar-refractivity contribution in [1.82, 2.24) is 0 Å². The average Bonchev–Trinajstić information content (AvgIpc) is 2.47.